The second-order valence-corrected chi connectivity index (χ2v) is 7.75. The van der Waals surface area contributed by atoms with E-state index in [1.165, 1.54) is 37.1 Å². The van der Waals surface area contributed by atoms with Crippen molar-refractivity contribution in [2.75, 3.05) is 27.4 Å². The number of rotatable bonds is 8. The fraction of sp³-hybridized carbons (Fsp3) is 0.320. The minimum atomic E-state index is -0.770. The van der Waals surface area contributed by atoms with E-state index in [1.807, 2.05) is 6.07 Å². The number of esters is 2. The van der Waals surface area contributed by atoms with E-state index in [1.54, 1.807) is 24.3 Å². The summed E-state index contributed by atoms with van der Waals surface area (Å²) >= 11 is 0. The summed E-state index contributed by atoms with van der Waals surface area (Å²) in [5, 5.41) is 4.58. The summed E-state index contributed by atoms with van der Waals surface area (Å²) in [5.41, 5.74) is 1.44. The minimum absolute atomic E-state index is 0.00542. The average Bonchev–Trinajstić information content (AvgIpc) is 3.52. The number of para-hydroxylation sites is 1. The number of aromatic nitrogens is 2. The highest BCUT2D eigenvalue weighted by Crippen LogP contribution is 2.32. The Morgan fingerprint density at radius 2 is 1.88 bits per heavy atom. The largest absolute Gasteiger partial charge is 0.465 e. The minimum Gasteiger partial charge on any atom is -0.465 e. The quantitative estimate of drug-likeness (QED) is 0.463. The van der Waals surface area contributed by atoms with Crippen LogP contribution in [0.25, 0.3) is 16.9 Å². The molecule has 1 unspecified atom stereocenters. The maximum Gasteiger partial charge on any atom is 0.357 e. The molecule has 0 amide bonds. The van der Waals surface area contributed by atoms with Gasteiger partial charge in [-0.3, -0.25) is 0 Å². The number of nitrogens with zero attached hydrogens (tertiary/aromatic N) is 2. The first kappa shape index (κ1) is 23.6. The van der Waals surface area contributed by atoms with Crippen LogP contribution < -0.4 is 0 Å². The monoisotopic (exact) mass is 468 g/mol. The van der Waals surface area contributed by atoms with Crippen molar-refractivity contribution < 1.29 is 32.9 Å². The molecule has 0 saturated carbocycles. The van der Waals surface area contributed by atoms with Crippen molar-refractivity contribution in [2.45, 2.75) is 25.6 Å². The third-order valence-electron chi connectivity index (χ3n) is 5.56. The van der Waals surface area contributed by atoms with Crippen LogP contribution in [-0.2, 0) is 25.6 Å². The van der Waals surface area contributed by atoms with Crippen LogP contribution in [0.15, 0.2) is 48.5 Å². The van der Waals surface area contributed by atoms with Crippen LogP contribution in [0, 0.1) is 5.82 Å². The van der Waals surface area contributed by atoms with Crippen LogP contribution in [0.5, 0.6) is 0 Å². The Kier molecular flexibility index (Phi) is 7.34. The summed E-state index contributed by atoms with van der Waals surface area (Å²) in [6.07, 6.45) is 1.90. The van der Waals surface area contributed by atoms with Gasteiger partial charge < -0.3 is 18.9 Å². The van der Waals surface area contributed by atoms with Crippen molar-refractivity contribution >= 4 is 11.9 Å². The molecule has 1 aliphatic heterocycles. The summed E-state index contributed by atoms with van der Waals surface area (Å²) in [6.45, 7) is 1.14. The lowest BCUT2D eigenvalue weighted by molar-refractivity contribution is 0.0106. The predicted octanol–water partition coefficient (Wildman–Crippen LogP) is 3.95. The molecule has 0 radical (unpaired) electrons. The number of ether oxygens (including phenoxy) is 4. The van der Waals surface area contributed by atoms with Gasteiger partial charge in [0.25, 0.3) is 0 Å². The third kappa shape index (κ3) is 4.85. The SMILES string of the molecule is COC(=O)c1c(-c2ccc(F)cc2COCC2CCCO2)nn(-c2ccccc2)c1C(=O)OC. The number of hydrogen-bond acceptors (Lipinski definition) is 7. The zero-order chi connectivity index (χ0) is 24.1. The van der Waals surface area contributed by atoms with E-state index in [2.05, 4.69) is 5.10 Å². The van der Waals surface area contributed by atoms with Crippen LogP contribution in [0.3, 0.4) is 0 Å². The van der Waals surface area contributed by atoms with E-state index >= 15 is 0 Å². The van der Waals surface area contributed by atoms with Gasteiger partial charge in [-0.15, -0.1) is 0 Å². The maximum absolute atomic E-state index is 14.2. The van der Waals surface area contributed by atoms with E-state index in [0.717, 1.165) is 12.8 Å². The summed E-state index contributed by atoms with van der Waals surface area (Å²) in [6, 6.07) is 12.9. The zero-order valence-electron chi connectivity index (χ0n) is 19.0. The van der Waals surface area contributed by atoms with Crippen LogP contribution >= 0.6 is 0 Å². The molecule has 1 aliphatic rings. The van der Waals surface area contributed by atoms with Gasteiger partial charge in [-0.25, -0.2) is 18.7 Å². The highest BCUT2D eigenvalue weighted by atomic mass is 19.1. The number of halogens is 1. The molecule has 0 spiro atoms. The normalized spacial score (nSPS) is 15.3. The first-order valence-electron chi connectivity index (χ1n) is 10.9. The standard InChI is InChI=1S/C25H25FN2O6/c1-31-24(29)21-22(27-28(23(21)25(30)32-2)18-7-4-3-5-8-18)20-11-10-17(26)13-16(20)14-33-15-19-9-6-12-34-19/h3-5,7-8,10-11,13,19H,6,9,12,14-15H2,1-2H3. The first-order valence-corrected chi connectivity index (χ1v) is 10.9. The number of benzene rings is 2. The Balaban J connectivity index is 1.82. The molecule has 1 atom stereocenters. The van der Waals surface area contributed by atoms with Crippen molar-refractivity contribution in [3.05, 3.63) is 71.2 Å². The van der Waals surface area contributed by atoms with E-state index in [0.29, 0.717) is 30.0 Å². The fourth-order valence-electron chi connectivity index (χ4n) is 3.93. The Bertz CT molecular complexity index is 1170. The Morgan fingerprint density at radius 1 is 1.12 bits per heavy atom. The van der Waals surface area contributed by atoms with Gasteiger partial charge in [-0.05, 0) is 48.7 Å². The second-order valence-electron chi connectivity index (χ2n) is 7.75. The third-order valence-corrected chi connectivity index (χ3v) is 5.56. The van der Waals surface area contributed by atoms with Crippen molar-refractivity contribution in [3.8, 4) is 16.9 Å². The van der Waals surface area contributed by atoms with E-state index < -0.39 is 17.8 Å². The molecule has 34 heavy (non-hydrogen) atoms. The van der Waals surface area contributed by atoms with Gasteiger partial charge >= 0.3 is 11.9 Å². The molecule has 8 nitrogen and oxygen atoms in total. The van der Waals surface area contributed by atoms with Crippen LogP contribution in [0.4, 0.5) is 4.39 Å². The highest BCUT2D eigenvalue weighted by molar-refractivity contribution is 6.07. The van der Waals surface area contributed by atoms with Gasteiger partial charge in [0.1, 0.15) is 17.1 Å². The van der Waals surface area contributed by atoms with Gasteiger partial charge in [0.05, 0.1) is 39.2 Å². The van der Waals surface area contributed by atoms with E-state index in [9.17, 15) is 14.0 Å². The number of hydrogen-bond donors (Lipinski definition) is 0. The van der Waals surface area contributed by atoms with Crippen molar-refractivity contribution in [1.29, 1.82) is 0 Å². The number of carbonyl (C=O) groups excluding carboxylic acids is 2. The van der Waals surface area contributed by atoms with Gasteiger partial charge in [-0.1, -0.05) is 18.2 Å². The molecule has 0 aliphatic carbocycles. The van der Waals surface area contributed by atoms with Gasteiger partial charge in [0, 0.05) is 12.2 Å². The average molecular weight is 468 g/mol. The summed E-state index contributed by atoms with van der Waals surface area (Å²) in [7, 11) is 2.43. The van der Waals surface area contributed by atoms with Crippen molar-refractivity contribution in [2.24, 2.45) is 0 Å². The lowest BCUT2D eigenvalue weighted by Gasteiger charge is -2.13. The smallest absolute Gasteiger partial charge is 0.357 e. The molecule has 2 heterocycles. The van der Waals surface area contributed by atoms with E-state index in [4.69, 9.17) is 18.9 Å². The molecule has 1 aromatic heterocycles. The lowest BCUT2D eigenvalue weighted by Crippen LogP contribution is -2.15. The van der Waals surface area contributed by atoms with Crippen LogP contribution in [0.1, 0.15) is 39.3 Å². The van der Waals surface area contributed by atoms with Gasteiger partial charge in [0.2, 0.25) is 0 Å². The molecule has 1 saturated heterocycles. The van der Waals surface area contributed by atoms with Crippen LogP contribution in [-0.4, -0.2) is 55.3 Å². The Morgan fingerprint density at radius 3 is 2.56 bits per heavy atom. The summed E-state index contributed by atoms with van der Waals surface area (Å²) in [5.74, 6) is -2.00. The Labute approximate surface area is 196 Å². The topological polar surface area (TPSA) is 88.9 Å². The molecule has 3 aromatic rings. The molecule has 178 valence electrons. The molecule has 4 rings (SSSR count). The number of methoxy groups -OCH3 is 2. The van der Waals surface area contributed by atoms with Gasteiger partial charge in [0.15, 0.2) is 5.69 Å². The molecule has 9 heteroatoms. The molecule has 1 fully saturated rings. The zero-order valence-corrected chi connectivity index (χ0v) is 19.0. The molecule has 0 bridgehead atoms. The molecule has 0 N–H and O–H groups in total. The van der Waals surface area contributed by atoms with Crippen LogP contribution in [0.2, 0.25) is 0 Å². The predicted molar refractivity (Wildman–Crippen MR) is 120 cm³/mol. The molecular formula is C25H25FN2O6. The fourth-order valence-corrected chi connectivity index (χ4v) is 3.93. The Hall–Kier alpha value is -3.56. The molecule has 2 aromatic carbocycles. The highest BCUT2D eigenvalue weighted by Gasteiger charge is 2.32. The van der Waals surface area contributed by atoms with Gasteiger partial charge in [-0.2, -0.15) is 5.10 Å². The first-order chi connectivity index (χ1) is 16.5. The second kappa shape index (κ2) is 10.6. The molecular weight excluding hydrogens is 443 g/mol. The van der Waals surface area contributed by atoms with Crippen molar-refractivity contribution in [1.82, 2.24) is 9.78 Å². The lowest BCUT2D eigenvalue weighted by atomic mass is 10.0. The maximum atomic E-state index is 14.2. The number of carbonyl (C=O) groups is 2. The van der Waals surface area contributed by atoms with E-state index in [-0.39, 0.29) is 29.7 Å². The summed E-state index contributed by atoms with van der Waals surface area (Å²) in [4.78, 5) is 25.6. The van der Waals surface area contributed by atoms with Crippen molar-refractivity contribution in [3.63, 3.8) is 0 Å². The summed E-state index contributed by atoms with van der Waals surface area (Å²) < 4.78 is 36.8.